The maximum absolute atomic E-state index is 13.5. The Hall–Kier alpha value is -3.48. The molecule has 1 N–H and O–H groups in total. The molecular formula is C27H28FN3O3. The summed E-state index contributed by atoms with van der Waals surface area (Å²) in [5.41, 5.74) is 3.51. The minimum Gasteiger partial charge on any atom is -0.450 e. The van der Waals surface area contributed by atoms with Crippen molar-refractivity contribution in [1.82, 2.24) is 15.3 Å². The smallest absolute Gasteiger partial charge is 0.407 e. The Morgan fingerprint density at radius 2 is 2.15 bits per heavy atom. The molecule has 2 aliphatic carbocycles. The minimum atomic E-state index is -0.340. The molecule has 0 unspecified atom stereocenters. The molecule has 2 aromatic heterocycles. The predicted octanol–water partition coefficient (Wildman–Crippen LogP) is 5.76. The van der Waals surface area contributed by atoms with Crippen molar-refractivity contribution in [2.75, 3.05) is 6.61 Å². The summed E-state index contributed by atoms with van der Waals surface area (Å²) in [6, 6.07) is 10.5. The Bertz CT molecular complexity index is 1170. The van der Waals surface area contributed by atoms with E-state index in [4.69, 9.17) is 9.15 Å². The lowest BCUT2D eigenvalue weighted by molar-refractivity contribution is 0.126. The largest absolute Gasteiger partial charge is 0.450 e. The molecule has 176 valence electrons. The molecule has 0 bridgehead atoms. The number of aromatic nitrogens is 2. The number of ether oxygens (including phenoxy) is 1. The number of carbonyl (C=O) groups excluding carboxylic acids is 1. The van der Waals surface area contributed by atoms with Crippen molar-refractivity contribution in [1.29, 1.82) is 0 Å². The Labute approximate surface area is 198 Å². The summed E-state index contributed by atoms with van der Waals surface area (Å²) in [4.78, 5) is 20.9. The quantitative estimate of drug-likeness (QED) is 0.523. The fourth-order valence-electron chi connectivity index (χ4n) is 5.39. The van der Waals surface area contributed by atoms with Crippen LogP contribution in [-0.2, 0) is 11.2 Å². The first-order chi connectivity index (χ1) is 16.6. The van der Waals surface area contributed by atoms with E-state index in [-0.39, 0.29) is 23.9 Å². The second-order valence-electron chi connectivity index (χ2n) is 9.03. The van der Waals surface area contributed by atoms with Gasteiger partial charge in [-0.1, -0.05) is 24.3 Å². The van der Waals surface area contributed by atoms with Gasteiger partial charge in [-0.05, 0) is 74.3 Å². The van der Waals surface area contributed by atoms with Crippen LogP contribution in [0.25, 0.3) is 17.2 Å². The van der Waals surface area contributed by atoms with Crippen molar-refractivity contribution in [3.8, 4) is 11.1 Å². The van der Waals surface area contributed by atoms with Crippen LogP contribution in [0.3, 0.4) is 0 Å². The molecule has 2 heterocycles. The summed E-state index contributed by atoms with van der Waals surface area (Å²) in [5.74, 6) is 1.62. The number of hydrogen-bond donors (Lipinski definition) is 1. The van der Waals surface area contributed by atoms with E-state index in [1.165, 1.54) is 18.5 Å². The number of fused-ring (bicyclic) bond motifs is 2. The van der Waals surface area contributed by atoms with Gasteiger partial charge in [0.2, 0.25) is 0 Å². The third-order valence-electron chi connectivity index (χ3n) is 6.95. The zero-order valence-electron chi connectivity index (χ0n) is 19.1. The highest BCUT2D eigenvalue weighted by Crippen LogP contribution is 2.47. The van der Waals surface area contributed by atoms with Gasteiger partial charge in [0.1, 0.15) is 11.6 Å². The Balaban J connectivity index is 1.32. The molecule has 34 heavy (non-hydrogen) atoms. The standard InChI is InChI=1S/C27H28FN3O3/c1-2-33-27(32)31-22-9-10-23-19(13-22)14-25-26(34-16-30-25)24(23)11-8-21-7-6-18(15-29-21)17-4-3-5-20(28)12-17/h3-8,11-12,15-16,19,22-24H,2,9-10,13-14H2,1H3,(H,31,32)/b11-8+/t19-,22+,23+,24-/m0/s1. The van der Waals surface area contributed by atoms with E-state index in [1.807, 2.05) is 31.2 Å². The van der Waals surface area contributed by atoms with Gasteiger partial charge in [-0.15, -0.1) is 0 Å². The zero-order chi connectivity index (χ0) is 23.5. The predicted molar refractivity (Wildman–Crippen MR) is 126 cm³/mol. The van der Waals surface area contributed by atoms with Crippen LogP contribution in [-0.4, -0.2) is 28.7 Å². The molecule has 0 aliphatic heterocycles. The first kappa shape index (κ1) is 22.3. The third kappa shape index (κ3) is 4.74. The number of allylic oxidation sites excluding steroid dienone is 1. The van der Waals surface area contributed by atoms with Crippen LogP contribution in [0, 0.1) is 17.7 Å². The number of pyridine rings is 1. The van der Waals surface area contributed by atoms with E-state index in [2.05, 4.69) is 21.4 Å². The lowest BCUT2D eigenvalue weighted by Gasteiger charge is -2.41. The van der Waals surface area contributed by atoms with Crippen molar-refractivity contribution in [2.45, 2.75) is 44.6 Å². The van der Waals surface area contributed by atoms with Crippen molar-refractivity contribution >= 4 is 12.2 Å². The van der Waals surface area contributed by atoms with Gasteiger partial charge in [0.25, 0.3) is 0 Å². The van der Waals surface area contributed by atoms with Gasteiger partial charge >= 0.3 is 6.09 Å². The molecule has 1 amide bonds. The fraction of sp³-hybridized carbons (Fsp3) is 0.370. The number of rotatable bonds is 5. The van der Waals surface area contributed by atoms with Crippen LogP contribution in [0.4, 0.5) is 9.18 Å². The molecule has 1 fully saturated rings. The molecule has 7 heteroatoms. The number of oxazole rings is 1. The molecule has 1 aromatic carbocycles. The molecule has 6 nitrogen and oxygen atoms in total. The van der Waals surface area contributed by atoms with Crippen LogP contribution >= 0.6 is 0 Å². The monoisotopic (exact) mass is 461 g/mol. The van der Waals surface area contributed by atoms with Crippen molar-refractivity contribution < 1.29 is 18.3 Å². The van der Waals surface area contributed by atoms with Crippen LogP contribution in [0.2, 0.25) is 0 Å². The first-order valence-electron chi connectivity index (χ1n) is 11.9. The summed E-state index contributed by atoms with van der Waals surface area (Å²) >= 11 is 0. The Morgan fingerprint density at radius 1 is 1.24 bits per heavy atom. The SMILES string of the molecule is CCOC(=O)N[C@@H]1CC[C@@H]2[C@H](Cc3ncoc3[C@H]2/C=C/c2ccc(-c3cccc(F)c3)cn2)C1. The van der Waals surface area contributed by atoms with Gasteiger partial charge in [-0.2, -0.15) is 0 Å². The Morgan fingerprint density at radius 3 is 2.94 bits per heavy atom. The number of carbonyl (C=O) groups is 1. The summed E-state index contributed by atoms with van der Waals surface area (Å²) in [6.07, 6.45) is 10.8. The lowest BCUT2D eigenvalue weighted by Crippen LogP contribution is -2.44. The molecule has 3 aromatic rings. The number of alkyl carbamates (subject to hydrolysis) is 1. The van der Waals surface area contributed by atoms with Gasteiger partial charge in [0, 0.05) is 23.7 Å². The van der Waals surface area contributed by atoms with Crippen molar-refractivity contribution in [3.05, 3.63) is 78.0 Å². The second kappa shape index (κ2) is 9.79. The maximum atomic E-state index is 13.5. The third-order valence-corrected chi connectivity index (χ3v) is 6.95. The van der Waals surface area contributed by atoms with E-state index in [9.17, 15) is 9.18 Å². The summed E-state index contributed by atoms with van der Waals surface area (Å²) in [7, 11) is 0. The van der Waals surface area contributed by atoms with Crippen molar-refractivity contribution in [2.24, 2.45) is 11.8 Å². The van der Waals surface area contributed by atoms with Gasteiger partial charge in [0.15, 0.2) is 6.39 Å². The highest BCUT2D eigenvalue weighted by molar-refractivity contribution is 5.67. The van der Waals surface area contributed by atoms with Gasteiger partial charge in [-0.3, -0.25) is 4.98 Å². The summed E-state index contributed by atoms with van der Waals surface area (Å²) in [6.45, 7) is 2.18. The van der Waals surface area contributed by atoms with Crippen LogP contribution in [0.5, 0.6) is 0 Å². The van der Waals surface area contributed by atoms with E-state index < -0.39 is 0 Å². The average Bonchev–Trinajstić information content (AvgIpc) is 3.30. The van der Waals surface area contributed by atoms with Gasteiger partial charge < -0.3 is 14.5 Å². The topological polar surface area (TPSA) is 77.2 Å². The van der Waals surface area contributed by atoms with Crippen LogP contribution < -0.4 is 5.32 Å². The maximum Gasteiger partial charge on any atom is 0.407 e. The first-order valence-corrected chi connectivity index (χ1v) is 11.9. The number of benzene rings is 1. The molecule has 0 saturated heterocycles. The number of nitrogens with one attached hydrogen (secondary N) is 1. The van der Waals surface area contributed by atoms with E-state index in [1.54, 1.807) is 12.3 Å². The van der Waals surface area contributed by atoms with Crippen LogP contribution in [0.15, 0.2) is 59.5 Å². The molecule has 0 radical (unpaired) electrons. The van der Waals surface area contributed by atoms with Crippen LogP contribution in [0.1, 0.15) is 49.3 Å². The van der Waals surface area contributed by atoms with Crippen molar-refractivity contribution in [3.63, 3.8) is 0 Å². The van der Waals surface area contributed by atoms with Gasteiger partial charge in [-0.25, -0.2) is 14.2 Å². The molecule has 0 spiro atoms. The average molecular weight is 462 g/mol. The normalized spacial score (nSPS) is 23.8. The van der Waals surface area contributed by atoms with E-state index in [0.29, 0.717) is 18.4 Å². The highest BCUT2D eigenvalue weighted by Gasteiger charge is 2.42. The molecule has 1 saturated carbocycles. The number of amides is 1. The molecule has 4 atom stereocenters. The van der Waals surface area contributed by atoms with E-state index in [0.717, 1.165) is 54.0 Å². The highest BCUT2D eigenvalue weighted by atomic mass is 19.1. The Kier molecular flexibility index (Phi) is 6.43. The molecule has 2 aliphatic rings. The number of halogens is 1. The minimum absolute atomic E-state index is 0.115. The fourth-order valence-corrected chi connectivity index (χ4v) is 5.39. The summed E-state index contributed by atoms with van der Waals surface area (Å²) < 4.78 is 24.4. The number of nitrogens with zero attached hydrogens (tertiary/aromatic N) is 2. The van der Waals surface area contributed by atoms with Gasteiger partial charge in [0.05, 0.1) is 18.0 Å². The zero-order valence-corrected chi connectivity index (χ0v) is 19.1. The second-order valence-corrected chi connectivity index (χ2v) is 9.03. The van der Waals surface area contributed by atoms with E-state index >= 15 is 0 Å². The molecular weight excluding hydrogens is 433 g/mol. The summed E-state index contributed by atoms with van der Waals surface area (Å²) in [5, 5.41) is 3.01. The number of hydrogen-bond acceptors (Lipinski definition) is 5. The lowest BCUT2D eigenvalue weighted by atomic mass is 9.65. The molecule has 5 rings (SSSR count).